The van der Waals surface area contributed by atoms with Crippen molar-refractivity contribution in [3.05, 3.63) is 29.8 Å². The Morgan fingerprint density at radius 3 is 2.50 bits per heavy atom. The van der Waals surface area contributed by atoms with Crippen LogP contribution in [0, 0.1) is 12.8 Å². The molecule has 0 aromatic heterocycles. The number of benzene rings is 1. The lowest BCUT2D eigenvalue weighted by atomic mass is 9.97. The van der Waals surface area contributed by atoms with Crippen molar-refractivity contribution in [3.63, 3.8) is 0 Å². The number of carbonyl (C=O) groups is 1. The molecule has 0 spiro atoms. The molecule has 0 saturated carbocycles. The van der Waals surface area contributed by atoms with Gasteiger partial charge in [-0.25, -0.2) is 0 Å². The van der Waals surface area contributed by atoms with E-state index in [1.54, 1.807) is 0 Å². The number of carbonyl (C=O) groups excluding carboxylic acids is 1. The first-order valence-electron chi connectivity index (χ1n) is 5.84. The summed E-state index contributed by atoms with van der Waals surface area (Å²) < 4.78 is 0. The van der Waals surface area contributed by atoms with Gasteiger partial charge in [0.05, 0.1) is 0 Å². The molecule has 86 valence electrons. The second kappa shape index (κ2) is 5.12. The van der Waals surface area contributed by atoms with Crippen molar-refractivity contribution in [1.82, 2.24) is 5.32 Å². The molecule has 0 radical (unpaired) electrons. The van der Waals surface area contributed by atoms with Crippen molar-refractivity contribution in [2.75, 3.05) is 18.4 Å². The van der Waals surface area contributed by atoms with E-state index in [1.165, 1.54) is 5.56 Å². The Hall–Kier alpha value is -1.35. The summed E-state index contributed by atoms with van der Waals surface area (Å²) in [5.74, 6) is 0.327. The molecule has 3 nitrogen and oxygen atoms in total. The molecule has 1 saturated heterocycles. The van der Waals surface area contributed by atoms with Gasteiger partial charge in [0.25, 0.3) is 0 Å². The van der Waals surface area contributed by atoms with Crippen LogP contribution in [0.15, 0.2) is 24.3 Å². The van der Waals surface area contributed by atoms with Crippen molar-refractivity contribution in [3.8, 4) is 0 Å². The molecule has 0 atom stereocenters. The van der Waals surface area contributed by atoms with E-state index in [0.29, 0.717) is 0 Å². The summed E-state index contributed by atoms with van der Waals surface area (Å²) in [4.78, 5) is 11.9. The highest BCUT2D eigenvalue weighted by atomic mass is 16.1. The Morgan fingerprint density at radius 1 is 1.25 bits per heavy atom. The van der Waals surface area contributed by atoms with Gasteiger partial charge in [0.2, 0.25) is 5.91 Å². The first kappa shape index (κ1) is 11.1. The van der Waals surface area contributed by atoms with Gasteiger partial charge < -0.3 is 10.6 Å². The van der Waals surface area contributed by atoms with Crippen LogP contribution in [0.3, 0.4) is 0 Å². The highest BCUT2D eigenvalue weighted by Crippen LogP contribution is 2.15. The standard InChI is InChI=1S/C13H18N2O/c1-10-2-4-12(5-3-10)15-13(16)11-6-8-14-9-7-11/h2-5,11,14H,6-9H2,1H3,(H,15,16). The third-order valence-corrected chi connectivity index (χ3v) is 3.03. The zero-order chi connectivity index (χ0) is 11.4. The van der Waals surface area contributed by atoms with Crippen LogP contribution in [0.25, 0.3) is 0 Å². The molecular weight excluding hydrogens is 200 g/mol. The lowest BCUT2D eigenvalue weighted by Gasteiger charge is -2.21. The van der Waals surface area contributed by atoms with E-state index in [4.69, 9.17) is 0 Å². The van der Waals surface area contributed by atoms with Crippen molar-refractivity contribution >= 4 is 11.6 Å². The van der Waals surface area contributed by atoms with E-state index in [2.05, 4.69) is 10.6 Å². The van der Waals surface area contributed by atoms with Crippen LogP contribution in [0.5, 0.6) is 0 Å². The SMILES string of the molecule is Cc1ccc(NC(=O)C2CCNCC2)cc1. The molecule has 1 aliphatic heterocycles. The van der Waals surface area contributed by atoms with Gasteiger partial charge >= 0.3 is 0 Å². The van der Waals surface area contributed by atoms with Crippen molar-refractivity contribution < 1.29 is 4.79 Å². The molecule has 0 aliphatic carbocycles. The lowest BCUT2D eigenvalue weighted by Crippen LogP contribution is -2.34. The average Bonchev–Trinajstić information content (AvgIpc) is 2.33. The minimum absolute atomic E-state index is 0.158. The first-order valence-corrected chi connectivity index (χ1v) is 5.84. The van der Waals surface area contributed by atoms with Crippen molar-refractivity contribution in [2.24, 2.45) is 5.92 Å². The predicted octanol–water partition coefficient (Wildman–Crippen LogP) is 1.93. The quantitative estimate of drug-likeness (QED) is 0.796. The summed E-state index contributed by atoms with van der Waals surface area (Å²) in [5, 5.41) is 6.23. The Bertz CT molecular complexity index is 353. The fraction of sp³-hybridized carbons (Fsp3) is 0.462. The molecule has 1 heterocycles. The van der Waals surface area contributed by atoms with Gasteiger partial charge in [0.15, 0.2) is 0 Å². The predicted molar refractivity (Wildman–Crippen MR) is 65.4 cm³/mol. The number of anilines is 1. The van der Waals surface area contributed by atoms with Crippen LogP contribution < -0.4 is 10.6 Å². The zero-order valence-corrected chi connectivity index (χ0v) is 9.62. The van der Waals surface area contributed by atoms with E-state index < -0.39 is 0 Å². The maximum atomic E-state index is 11.9. The average molecular weight is 218 g/mol. The van der Waals surface area contributed by atoms with Crippen LogP contribution in [-0.4, -0.2) is 19.0 Å². The molecule has 2 N–H and O–H groups in total. The largest absolute Gasteiger partial charge is 0.326 e. The van der Waals surface area contributed by atoms with Crippen LogP contribution in [0.2, 0.25) is 0 Å². The number of piperidine rings is 1. The van der Waals surface area contributed by atoms with Gasteiger partial charge in [-0.3, -0.25) is 4.79 Å². The van der Waals surface area contributed by atoms with Crippen LogP contribution in [0.4, 0.5) is 5.69 Å². The number of nitrogens with one attached hydrogen (secondary N) is 2. The van der Waals surface area contributed by atoms with Crippen LogP contribution in [0.1, 0.15) is 18.4 Å². The minimum atomic E-state index is 0.158. The lowest BCUT2D eigenvalue weighted by molar-refractivity contribution is -0.120. The van der Waals surface area contributed by atoms with E-state index >= 15 is 0 Å². The second-order valence-corrected chi connectivity index (χ2v) is 4.38. The number of hydrogen-bond acceptors (Lipinski definition) is 2. The summed E-state index contributed by atoms with van der Waals surface area (Å²) in [6.07, 6.45) is 1.88. The number of aryl methyl sites for hydroxylation is 1. The monoisotopic (exact) mass is 218 g/mol. The highest BCUT2D eigenvalue weighted by molar-refractivity contribution is 5.92. The van der Waals surface area contributed by atoms with Gasteiger partial charge in [-0.15, -0.1) is 0 Å². The Labute approximate surface area is 96.2 Å². The molecule has 2 rings (SSSR count). The Kier molecular flexibility index (Phi) is 3.57. The van der Waals surface area contributed by atoms with Crippen molar-refractivity contribution in [1.29, 1.82) is 0 Å². The molecule has 1 aromatic rings. The van der Waals surface area contributed by atoms with Crippen LogP contribution >= 0.6 is 0 Å². The Balaban J connectivity index is 1.93. The molecule has 0 unspecified atom stereocenters. The van der Waals surface area contributed by atoms with E-state index in [9.17, 15) is 4.79 Å². The fourth-order valence-electron chi connectivity index (χ4n) is 1.97. The number of amides is 1. The maximum absolute atomic E-state index is 11.9. The molecule has 16 heavy (non-hydrogen) atoms. The molecule has 1 aromatic carbocycles. The third-order valence-electron chi connectivity index (χ3n) is 3.03. The van der Waals surface area contributed by atoms with Gasteiger partial charge in [-0.2, -0.15) is 0 Å². The summed E-state index contributed by atoms with van der Waals surface area (Å²) in [5.41, 5.74) is 2.11. The topological polar surface area (TPSA) is 41.1 Å². The molecule has 1 amide bonds. The van der Waals surface area contributed by atoms with Crippen molar-refractivity contribution in [2.45, 2.75) is 19.8 Å². The minimum Gasteiger partial charge on any atom is -0.326 e. The molecule has 1 fully saturated rings. The second-order valence-electron chi connectivity index (χ2n) is 4.38. The summed E-state index contributed by atoms with van der Waals surface area (Å²) in [6, 6.07) is 7.93. The van der Waals surface area contributed by atoms with E-state index in [-0.39, 0.29) is 11.8 Å². The van der Waals surface area contributed by atoms with Gasteiger partial charge in [-0.1, -0.05) is 17.7 Å². The molecule has 1 aliphatic rings. The van der Waals surface area contributed by atoms with E-state index in [0.717, 1.165) is 31.6 Å². The molecule has 0 bridgehead atoms. The van der Waals surface area contributed by atoms with Gasteiger partial charge in [-0.05, 0) is 45.0 Å². The van der Waals surface area contributed by atoms with Gasteiger partial charge in [0, 0.05) is 11.6 Å². The summed E-state index contributed by atoms with van der Waals surface area (Å²) in [6.45, 7) is 3.94. The first-order chi connectivity index (χ1) is 7.75. The highest BCUT2D eigenvalue weighted by Gasteiger charge is 2.20. The third kappa shape index (κ3) is 2.83. The number of rotatable bonds is 2. The van der Waals surface area contributed by atoms with E-state index in [1.807, 2.05) is 31.2 Å². The molecule has 3 heteroatoms. The summed E-state index contributed by atoms with van der Waals surface area (Å²) in [7, 11) is 0. The fourth-order valence-corrected chi connectivity index (χ4v) is 1.97. The molecular formula is C13H18N2O. The number of hydrogen-bond donors (Lipinski definition) is 2. The van der Waals surface area contributed by atoms with Crippen LogP contribution in [-0.2, 0) is 4.79 Å². The maximum Gasteiger partial charge on any atom is 0.227 e. The normalized spacial score (nSPS) is 17.1. The smallest absolute Gasteiger partial charge is 0.227 e. The summed E-state index contributed by atoms with van der Waals surface area (Å²) >= 11 is 0. The Morgan fingerprint density at radius 2 is 1.88 bits per heavy atom. The zero-order valence-electron chi connectivity index (χ0n) is 9.62. The van der Waals surface area contributed by atoms with Gasteiger partial charge in [0.1, 0.15) is 0 Å².